The molecule has 4 bridgehead atoms. The Labute approximate surface area is 280 Å². The van der Waals surface area contributed by atoms with E-state index in [-0.39, 0.29) is 12.1 Å². The molecule has 4 aliphatic rings. The number of fused-ring (bicyclic) bond motifs is 10. The highest BCUT2D eigenvalue weighted by Crippen LogP contribution is 2.40. The molecule has 10 rings (SSSR count). The van der Waals surface area contributed by atoms with Crippen LogP contribution in [0.5, 0.6) is 0 Å². The van der Waals surface area contributed by atoms with Gasteiger partial charge in [-0.15, -0.1) is 10.2 Å². The van der Waals surface area contributed by atoms with Crippen LogP contribution in [0.15, 0.2) is 36.9 Å². The topological polar surface area (TPSA) is 237 Å². The van der Waals surface area contributed by atoms with Gasteiger partial charge in [-0.1, -0.05) is 23.2 Å². The number of nitrogen functional groups attached to an aromatic ring is 1. The summed E-state index contributed by atoms with van der Waals surface area (Å²) in [7, 11) is 0. The first kappa shape index (κ1) is 29.7. The number of aromatic amines is 2. The molecule has 6 aromatic heterocycles. The van der Waals surface area contributed by atoms with Crippen molar-refractivity contribution in [3.63, 3.8) is 0 Å². The van der Waals surface area contributed by atoms with Crippen molar-refractivity contribution in [3.05, 3.63) is 47.2 Å². The molecule has 48 heavy (non-hydrogen) atoms. The molecule has 0 radical (unpaired) electrons. The molecule has 19 nitrogen and oxygen atoms in total. The Kier molecular flexibility index (Phi) is 7.52. The van der Waals surface area contributed by atoms with Gasteiger partial charge in [0.25, 0.3) is 0 Å². The fourth-order valence-corrected chi connectivity index (χ4v) is 6.44. The van der Waals surface area contributed by atoms with E-state index in [1.807, 2.05) is 18.2 Å². The number of halogens is 2. The van der Waals surface area contributed by atoms with Gasteiger partial charge in [-0.05, 0) is 37.1 Å². The average Bonchev–Trinajstić information content (AvgIpc) is 3.90. The van der Waals surface area contributed by atoms with Crippen LogP contribution in [-0.4, -0.2) is 105 Å². The standard InChI is InChI=1S/C14H12ClN9O.C9H10ClN3.C4H4N6/c15-9-2-1-8-13(18-9)24(7-3-4-23(8)5-7)14(25)19-11-10-12(17-6-16-11)21-22-20-10;10-8-2-1-7-9(12-8)11-6-3-4-13(7)5-6;5-3-2-4(7-1-6-3)9-10-8-2/h1-2,6-7H,3-5H2,(H2,16,17,19,20,21,22,25);1-2,6H,3-5H2,(H,11,12);1H,(H3,5,6,7,8,9,10)/t7-;6-;/m00./s1. The second-order valence-electron chi connectivity index (χ2n) is 11.2. The Morgan fingerprint density at radius 3 is 2.31 bits per heavy atom. The van der Waals surface area contributed by atoms with E-state index in [9.17, 15) is 4.79 Å². The summed E-state index contributed by atoms with van der Waals surface area (Å²) in [6.07, 6.45) is 4.75. The minimum absolute atomic E-state index is 0.0353. The first-order valence-electron chi connectivity index (χ1n) is 14.9. The van der Waals surface area contributed by atoms with Crippen LogP contribution < -0.4 is 31.1 Å². The number of carbonyl (C=O) groups is 1. The number of rotatable bonds is 1. The van der Waals surface area contributed by atoms with Crippen LogP contribution in [0.4, 0.5) is 39.4 Å². The van der Waals surface area contributed by atoms with Gasteiger partial charge in [0.2, 0.25) is 11.3 Å². The highest BCUT2D eigenvalue weighted by molar-refractivity contribution is 6.30. The number of anilines is 6. The van der Waals surface area contributed by atoms with E-state index in [0.717, 1.165) is 44.1 Å². The highest BCUT2D eigenvalue weighted by Gasteiger charge is 2.40. The smallest absolute Gasteiger partial charge is 0.329 e. The SMILES string of the molecule is Clc1ccc2c(n1)N[C@H]1CCN2C1.Nc1ncnc2n[nH]nc12.O=C(Nc1ncnc2n[nH]nc12)N1c2nc(Cl)ccc2N2CC[C@H]1C2. The van der Waals surface area contributed by atoms with Gasteiger partial charge in [0.05, 0.1) is 17.4 Å². The van der Waals surface area contributed by atoms with Gasteiger partial charge in [0.15, 0.2) is 34.3 Å². The molecule has 2 amide bonds. The van der Waals surface area contributed by atoms with Crippen molar-refractivity contribution in [1.29, 1.82) is 0 Å². The van der Waals surface area contributed by atoms with Crippen molar-refractivity contribution in [2.75, 3.05) is 57.2 Å². The summed E-state index contributed by atoms with van der Waals surface area (Å²) in [4.78, 5) is 43.5. The summed E-state index contributed by atoms with van der Waals surface area (Å²) in [6, 6.07) is 7.79. The number of nitrogens with two attached hydrogens (primary N) is 1. The molecular formula is C27H26Cl2N18O. The molecule has 6 aromatic rings. The lowest BCUT2D eigenvalue weighted by atomic mass is 10.2. The molecule has 244 valence electrons. The van der Waals surface area contributed by atoms with Gasteiger partial charge in [0, 0.05) is 32.2 Å². The molecule has 2 saturated heterocycles. The van der Waals surface area contributed by atoms with E-state index in [4.69, 9.17) is 28.9 Å². The maximum Gasteiger partial charge on any atom is 0.329 e. The van der Waals surface area contributed by atoms with E-state index >= 15 is 0 Å². The zero-order valence-corrected chi connectivity index (χ0v) is 26.4. The van der Waals surface area contributed by atoms with Crippen molar-refractivity contribution >= 4 is 86.2 Å². The van der Waals surface area contributed by atoms with E-state index in [1.165, 1.54) is 24.8 Å². The van der Waals surface area contributed by atoms with E-state index in [1.54, 1.807) is 11.0 Å². The molecule has 0 aliphatic carbocycles. The van der Waals surface area contributed by atoms with Gasteiger partial charge < -0.3 is 20.9 Å². The third-order valence-electron chi connectivity index (χ3n) is 8.34. The van der Waals surface area contributed by atoms with E-state index in [2.05, 4.69) is 81.2 Å². The summed E-state index contributed by atoms with van der Waals surface area (Å²) >= 11 is 11.9. The molecule has 0 unspecified atom stereocenters. The molecule has 21 heteroatoms. The third kappa shape index (κ3) is 5.51. The van der Waals surface area contributed by atoms with Crippen LogP contribution in [0.25, 0.3) is 22.3 Å². The number of amides is 2. The number of pyridine rings is 2. The molecular weight excluding hydrogens is 663 g/mol. The van der Waals surface area contributed by atoms with E-state index in [0.29, 0.717) is 56.1 Å². The monoisotopic (exact) mass is 688 g/mol. The predicted molar refractivity (Wildman–Crippen MR) is 178 cm³/mol. The number of nitrogens with zero attached hydrogens (tertiary/aromatic N) is 13. The maximum absolute atomic E-state index is 13.0. The molecule has 2 fully saturated rings. The summed E-state index contributed by atoms with van der Waals surface area (Å²) in [5.41, 5.74) is 9.32. The second-order valence-corrected chi connectivity index (χ2v) is 12.0. The third-order valence-corrected chi connectivity index (χ3v) is 8.76. The van der Waals surface area contributed by atoms with Crippen LogP contribution in [-0.2, 0) is 0 Å². The quantitative estimate of drug-likeness (QED) is 0.156. The Bertz CT molecular complexity index is 2140. The summed E-state index contributed by atoms with van der Waals surface area (Å²) < 4.78 is 0. The minimum atomic E-state index is -0.328. The maximum atomic E-state index is 13.0. The van der Waals surface area contributed by atoms with Crippen molar-refractivity contribution < 1.29 is 4.79 Å². The fourth-order valence-electron chi connectivity index (χ4n) is 6.15. The first-order chi connectivity index (χ1) is 23.4. The highest BCUT2D eigenvalue weighted by atomic mass is 35.5. The number of nitrogens with one attached hydrogen (secondary N) is 4. The van der Waals surface area contributed by atoms with Crippen LogP contribution in [0.1, 0.15) is 12.8 Å². The van der Waals surface area contributed by atoms with Crippen LogP contribution in [0.3, 0.4) is 0 Å². The van der Waals surface area contributed by atoms with Gasteiger partial charge in [0.1, 0.15) is 23.0 Å². The van der Waals surface area contributed by atoms with Crippen LogP contribution in [0, 0.1) is 0 Å². The Morgan fingerprint density at radius 1 is 0.812 bits per heavy atom. The number of H-pyrrole nitrogens is 2. The van der Waals surface area contributed by atoms with Gasteiger partial charge in [-0.25, -0.2) is 34.7 Å². The number of aromatic nitrogens is 12. The first-order valence-corrected chi connectivity index (χ1v) is 15.6. The Morgan fingerprint density at radius 2 is 1.50 bits per heavy atom. The fraction of sp³-hybridized carbons (Fsp3) is 0.296. The van der Waals surface area contributed by atoms with Crippen molar-refractivity contribution in [3.8, 4) is 0 Å². The zero-order chi connectivity index (χ0) is 32.8. The normalized spacial score (nSPS) is 18.3. The van der Waals surface area contributed by atoms with Crippen molar-refractivity contribution in [2.45, 2.75) is 24.9 Å². The lowest BCUT2D eigenvalue weighted by Crippen LogP contribution is -2.48. The average molecular weight is 690 g/mol. The molecule has 0 saturated carbocycles. The number of hydrogen-bond donors (Lipinski definition) is 5. The van der Waals surface area contributed by atoms with Crippen molar-refractivity contribution in [1.82, 2.24) is 60.7 Å². The predicted octanol–water partition coefficient (Wildman–Crippen LogP) is 2.50. The molecule has 10 heterocycles. The summed E-state index contributed by atoms with van der Waals surface area (Å²) in [5, 5.41) is 27.3. The molecule has 4 aliphatic heterocycles. The summed E-state index contributed by atoms with van der Waals surface area (Å²) in [5.74, 6) is 2.15. The van der Waals surface area contributed by atoms with Gasteiger partial charge in [-0.3, -0.25) is 10.2 Å². The Balaban J connectivity index is 0.000000121. The van der Waals surface area contributed by atoms with E-state index < -0.39 is 0 Å². The lowest BCUT2D eigenvalue weighted by molar-refractivity contribution is 0.254. The number of carbonyl (C=O) groups excluding carboxylic acids is 1. The van der Waals surface area contributed by atoms with Gasteiger partial charge in [-0.2, -0.15) is 20.6 Å². The van der Waals surface area contributed by atoms with Crippen molar-refractivity contribution in [2.24, 2.45) is 0 Å². The summed E-state index contributed by atoms with van der Waals surface area (Å²) in [6.45, 7) is 3.89. The largest absolute Gasteiger partial charge is 0.382 e. The number of urea groups is 1. The Hall–Kier alpha value is -5.69. The molecule has 6 N–H and O–H groups in total. The number of hydrogen-bond acceptors (Lipinski definition) is 15. The molecule has 0 aromatic carbocycles. The lowest BCUT2D eigenvalue weighted by Gasteiger charge is -2.35. The zero-order valence-electron chi connectivity index (χ0n) is 24.9. The molecule has 2 atom stereocenters. The van der Waals surface area contributed by atoms with Gasteiger partial charge >= 0.3 is 6.03 Å². The second kappa shape index (κ2) is 12.2. The van der Waals surface area contributed by atoms with Crippen LogP contribution in [0.2, 0.25) is 10.3 Å². The molecule has 0 spiro atoms. The minimum Gasteiger partial charge on any atom is -0.382 e. The van der Waals surface area contributed by atoms with Crippen LogP contribution >= 0.6 is 23.2 Å².